The minimum atomic E-state index is -0.0479. The lowest BCUT2D eigenvalue weighted by molar-refractivity contribution is -0.131. The Labute approximate surface area is 124 Å². The molecule has 0 radical (unpaired) electrons. The Morgan fingerprint density at radius 1 is 1.24 bits per heavy atom. The molecule has 112 valence electrons. The molecule has 0 saturated carbocycles. The summed E-state index contributed by atoms with van der Waals surface area (Å²) in [6, 6.07) is 5.58. The van der Waals surface area contributed by atoms with Crippen molar-refractivity contribution in [3.63, 3.8) is 0 Å². The van der Waals surface area contributed by atoms with Crippen molar-refractivity contribution < 1.29 is 14.3 Å². The van der Waals surface area contributed by atoms with E-state index < -0.39 is 0 Å². The maximum Gasteiger partial charge on any atom is 0.227 e. The molecule has 0 aliphatic carbocycles. The summed E-state index contributed by atoms with van der Waals surface area (Å²) in [6.07, 6.45) is 4.14. The van der Waals surface area contributed by atoms with E-state index in [-0.39, 0.29) is 11.8 Å². The van der Waals surface area contributed by atoms with E-state index in [2.05, 4.69) is 5.32 Å². The molecular formula is C16H20N2O3. The molecule has 1 aromatic carbocycles. The summed E-state index contributed by atoms with van der Waals surface area (Å²) in [5.74, 6) is 0.791. The first kappa shape index (κ1) is 13.9. The molecule has 2 aliphatic rings. The normalized spacial score (nSPS) is 18.3. The Balaban J connectivity index is 1.71. The highest BCUT2D eigenvalue weighted by molar-refractivity contribution is 5.93. The monoisotopic (exact) mass is 288 g/mol. The van der Waals surface area contributed by atoms with Crippen LogP contribution in [0.2, 0.25) is 0 Å². The van der Waals surface area contributed by atoms with E-state index in [1.165, 1.54) is 6.42 Å². The smallest absolute Gasteiger partial charge is 0.227 e. The van der Waals surface area contributed by atoms with Crippen LogP contribution in [0, 0.1) is 0 Å². The Morgan fingerprint density at radius 3 is 2.86 bits per heavy atom. The van der Waals surface area contributed by atoms with Gasteiger partial charge < -0.3 is 15.0 Å². The van der Waals surface area contributed by atoms with Gasteiger partial charge in [-0.1, -0.05) is 6.07 Å². The molecule has 5 nitrogen and oxygen atoms in total. The summed E-state index contributed by atoms with van der Waals surface area (Å²) in [7, 11) is 0. The molecule has 0 aromatic heterocycles. The van der Waals surface area contributed by atoms with Crippen LogP contribution in [0.15, 0.2) is 18.2 Å². The van der Waals surface area contributed by atoms with Crippen LogP contribution in [0.25, 0.3) is 0 Å². The lowest BCUT2D eigenvalue weighted by Gasteiger charge is -2.26. The van der Waals surface area contributed by atoms with Gasteiger partial charge in [0.1, 0.15) is 5.75 Å². The summed E-state index contributed by atoms with van der Waals surface area (Å²) in [5.41, 5.74) is 1.58. The van der Waals surface area contributed by atoms with E-state index in [4.69, 9.17) is 4.74 Å². The number of hydrogen-bond donors (Lipinski definition) is 1. The number of ether oxygens (including phenoxy) is 1. The number of carbonyl (C=O) groups excluding carboxylic acids is 2. The highest BCUT2D eigenvalue weighted by Gasteiger charge is 2.18. The van der Waals surface area contributed by atoms with Gasteiger partial charge in [0.15, 0.2) is 0 Å². The van der Waals surface area contributed by atoms with E-state index >= 15 is 0 Å². The minimum Gasteiger partial charge on any atom is -0.491 e. The number of nitrogens with zero attached hydrogens (tertiary/aromatic N) is 1. The number of amides is 2. The Morgan fingerprint density at radius 2 is 2.05 bits per heavy atom. The lowest BCUT2D eigenvalue weighted by Crippen LogP contribution is -2.36. The number of nitrogens with one attached hydrogen (secondary N) is 1. The second kappa shape index (κ2) is 6.16. The summed E-state index contributed by atoms with van der Waals surface area (Å²) in [4.78, 5) is 25.8. The number of benzene rings is 1. The van der Waals surface area contributed by atoms with Crippen LogP contribution >= 0.6 is 0 Å². The zero-order chi connectivity index (χ0) is 14.7. The Hall–Kier alpha value is -2.04. The van der Waals surface area contributed by atoms with Gasteiger partial charge in [-0.3, -0.25) is 9.59 Å². The molecule has 1 saturated heterocycles. The molecule has 21 heavy (non-hydrogen) atoms. The van der Waals surface area contributed by atoms with Crippen molar-refractivity contribution in [2.45, 2.75) is 32.1 Å². The van der Waals surface area contributed by atoms with Crippen LogP contribution in [0.1, 0.15) is 31.2 Å². The van der Waals surface area contributed by atoms with E-state index in [1.807, 2.05) is 23.1 Å². The summed E-state index contributed by atoms with van der Waals surface area (Å²) in [6.45, 7) is 2.12. The second-order valence-corrected chi connectivity index (χ2v) is 5.60. The molecule has 3 rings (SSSR count). The van der Waals surface area contributed by atoms with Crippen LogP contribution in [-0.2, 0) is 16.0 Å². The highest BCUT2D eigenvalue weighted by atomic mass is 16.5. The van der Waals surface area contributed by atoms with Crippen molar-refractivity contribution in [1.29, 1.82) is 0 Å². The van der Waals surface area contributed by atoms with Gasteiger partial charge in [-0.25, -0.2) is 0 Å². The Kier molecular flexibility index (Phi) is 4.08. The topological polar surface area (TPSA) is 58.6 Å². The SMILES string of the molecule is O=C1CCOc2ccc(CC(=O)N3CCCCC3)cc2N1. The van der Waals surface area contributed by atoms with Gasteiger partial charge in [0.05, 0.1) is 25.1 Å². The van der Waals surface area contributed by atoms with Gasteiger partial charge in [0.25, 0.3) is 0 Å². The maximum absolute atomic E-state index is 12.3. The number of rotatable bonds is 2. The first-order valence-corrected chi connectivity index (χ1v) is 7.56. The van der Waals surface area contributed by atoms with Crippen molar-refractivity contribution in [3.8, 4) is 5.75 Å². The van der Waals surface area contributed by atoms with E-state index in [1.54, 1.807) is 0 Å². The zero-order valence-electron chi connectivity index (χ0n) is 12.1. The average Bonchev–Trinajstić information content (AvgIpc) is 2.68. The Bertz CT molecular complexity index is 550. The van der Waals surface area contributed by atoms with Crippen LogP contribution in [0.4, 0.5) is 5.69 Å². The van der Waals surface area contributed by atoms with Crippen molar-refractivity contribution in [3.05, 3.63) is 23.8 Å². The van der Waals surface area contributed by atoms with E-state index in [0.29, 0.717) is 30.9 Å². The molecule has 2 heterocycles. The number of hydrogen-bond acceptors (Lipinski definition) is 3. The maximum atomic E-state index is 12.3. The molecular weight excluding hydrogens is 268 g/mol. The second-order valence-electron chi connectivity index (χ2n) is 5.60. The van der Waals surface area contributed by atoms with Gasteiger partial charge in [-0.15, -0.1) is 0 Å². The van der Waals surface area contributed by atoms with Gasteiger partial charge in [-0.05, 0) is 37.0 Å². The molecule has 1 aromatic rings. The first-order chi connectivity index (χ1) is 10.2. The average molecular weight is 288 g/mol. The molecule has 1 fully saturated rings. The van der Waals surface area contributed by atoms with Crippen molar-refractivity contribution >= 4 is 17.5 Å². The van der Waals surface area contributed by atoms with Gasteiger partial charge in [-0.2, -0.15) is 0 Å². The fraction of sp³-hybridized carbons (Fsp3) is 0.500. The number of carbonyl (C=O) groups is 2. The minimum absolute atomic E-state index is 0.0479. The molecule has 0 unspecified atom stereocenters. The molecule has 0 bridgehead atoms. The molecule has 2 amide bonds. The predicted octanol–water partition coefficient (Wildman–Crippen LogP) is 1.96. The van der Waals surface area contributed by atoms with E-state index in [0.717, 1.165) is 31.5 Å². The summed E-state index contributed by atoms with van der Waals surface area (Å²) < 4.78 is 5.52. The first-order valence-electron chi connectivity index (χ1n) is 7.56. The van der Waals surface area contributed by atoms with Crippen LogP contribution < -0.4 is 10.1 Å². The molecule has 0 spiro atoms. The zero-order valence-corrected chi connectivity index (χ0v) is 12.1. The van der Waals surface area contributed by atoms with Crippen molar-refractivity contribution in [2.75, 3.05) is 25.0 Å². The van der Waals surface area contributed by atoms with Crippen molar-refractivity contribution in [2.24, 2.45) is 0 Å². The summed E-state index contributed by atoms with van der Waals surface area (Å²) in [5, 5.41) is 2.83. The van der Waals surface area contributed by atoms with Gasteiger partial charge in [0, 0.05) is 13.1 Å². The summed E-state index contributed by atoms with van der Waals surface area (Å²) >= 11 is 0. The van der Waals surface area contributed by atoms with E-state index in [9.17, 15) is 9.59 Å². The highest BCUT2D eigenvalue weighted by Crippen LogP contribution is 2.28. The fourth-order valence-electron chi connectivity index (χ4n) is 2.81. The van der Waals surface area contributed by atoms with Crippen molar-refractivity contribution in [1.82, 2.24) is 4.90 Å². The number of anilines is 1. The molecule has 5 heteroatoms. The van der Waals surface area contributed by atoms with Crippen LogP contribution in [0.3, 0.4) is 0 Å². The number of piperidine rings is 1. The van der Waals surface area contributed by atoms with Crippen LogP contribution in [-0.4, -0.2) is 36.4 Å². The number of fused-ring (bicyclic) bond motifs is 1. The molecule has 2 aliphatic heterocycles. The lowest BCUT2D eigenvalue weighted by atomic mass is 10.1. The van der Waals surface area contributed by atoms with Gasteiger partial charge in [0.2, 0.25) is 11.8 Å². The standard InChI is InChI=1S/C16H20N2O3/c19-15-6-9-21-14-5-4-12(10-13(14)17-15)11-16(20)18-7-2-1-3-8-18/h4-5,10H,1-3,6-9,11H2,(H,17,19). The van der Waals surface area contributed by atoms with Crippen LogP contribution in [0.5, 0.6) is 5.75 Å². The number of likely N-dealkylation sites (tertiary alicyclic amines) is 1. The molecule has 0 atom stereocenters. The third-order valence-electron chi connectivity index (χ3n) is 3.97. The largest absolute Gasteiger partial charge is 0.491 e. The third-order valence-corrected chi connectivity index (χ3v) is 3.97. The molecule has 1 N–H and O–H groups in total. The third kappa shape index (κ3) is 3.35. The predicted molar refractivity (Wildman–Crippen MR) is 79.3 cm³/mol. The fourth-order valence-corrected chi connectivity index (χ4v) is 2.81. The van der Waals surface area contributed by atoms with Gasteiger partial charge >= 0.3 is 0 Å². The quantitative estimate of drug-likeness (QED) is 0.905.